The van der Waals surface area contributed by atoms with Gasteiger partial charge in [-0.05, 0) is 17.9 Å². The maximum atomic E-state index is 13.7. The second kappa shape index (κ2) is 7.19. The second-order valence-electron chi connectivity index (χ2n) is 4.84. The van der Waals surface area contributed by atoms with Crippen LogP contribution in [0, 0.1) is 5.82 Å². The van der Waals surface area contributed by atoms with E-state index >= 15 is 0 Å². The lowest BCUT2D eigenvalue weighted by molar-refractivity contribution is 0.625. The molecular weight excluding hydrogens is 311 g/mol. The molecule has 3 aromatic rings. The van der Waals surface area contributed by atoms with Crippen LogP contribution in [0.15, 0.2) is 64.9 Å². The normalized spacial score (nSPS) is 11.2. The van der Waals surface area contributed by atoms with Crippen LogP contribution in [0.4, 0.5) is 4.39 Å². The van der Waals surface area contributed by atoms with Crippen LogP contribution in [-0.2, 0) is 6.42 Å². The molecule has 0 radical (unpaired) electrons. The zero-order chi connectivity index (χ0) is 16.1. The Morgan fingerprint density at radius 3 is 2.57 bits per heavy atom. The van der Waals surface area contributed by atoms with E-state index < -0.39 is 0 Å². The minimum Gasteiger partial charge on any atom is -0.206 e. The molecule has 0 bridgehead atoms. The average Bonchev–Trinajstić information content (AvgIpc) is 2.97. The van der Waals surface area contributed by atoms with Crippen LogP contribution < -0.4 is 0 Å². The van der Waals surface area contributed by atoms with Crippen LogP contribution in [0.1, 0.15) is 17.0 Å². The molecule has 0 amide bonds. The fourth-order valence-electron chi connectivity index (χ4n) is 2.13. The summed E-state index contributed by atoms with van der Waals surface area (Å²) in [5.41, 5.74) is 1.55. The van der Waals surface area contributed by atoms with Crippen LogP contribution in [0.5, 0.6) is 0 Å². The van der Waals surface area contributed by atoms with Gasteiger partial charge in [-0.1, -0.05) is 60.3 Å². The smallest absolute Gasteiger partial charge is 0.206 e. The number of nitrogens with zero attached hydrogens (tertiary/aromatic N) is 4. The Bertz CT molecular complexity index is 814. The summed E-state index contributed by atoms with van der Waals surface area (Å²) in [6.45, 7) is 0. The lowest BCUT2D eigenvalue weighted by atomic mass is 10.1. The van der Waals surface area contributed by atoms with Gasteiger partial charge in [0.2, 0.25) is 5.16 Å². The number of thioether (sulfide) groups is 1. The Morgan fingerprint density at radius 1 is 1.09 bits per heavy atom. The van der Waals surface area contributed by atoms with Crippen LogP contribution in [0.3, 0.4) is 0 Å². The SMILES string of the molecule is CSc1nnc(Cc2ccccc2)n1/N=C\c1ccccc1F. The molecule has 3 rings (SSSR count). The molecule has 0 aliphatic rings. The first-order chi connectivity index (χ1) is 11.3. The quantitative estimate of drug-likeness (QED) is 0.531. The standard InChI is InChI=1S/C17H15FN4S/c1-23-17-21-20-16(11-13-7-3-2-4-8-13)22(17)19-12-14-9-5-6-10-15(14)18/h2-10,12H,11H2,1H3/b19-12-. The predicted octanol–water partition coefficient (Wildman–Crippen LogP) is 3.61. The maximum Gasteiger partial charge on any atom is 0.211 e. The summed E-state index contributed by atoms with van der Waals surface area (Å²) < 4.78 is 15.4. The summed E-state index contributed by atoms with van der Waals surface area (Å²) in [6, 6.07) is 16.5. The van der Waals surface area contributed by atoms with Gasteiger partial charge < -0.3 is 0 Å². The lowest BCUT2D eigenvalue weighted by Gasteiger charge is -2.03. The third-order valence-corrected chi connectivity index (χ3v) is 3.90. The number of benzene rings is 2. The van der Waals surface area contributed by atoms with Crippen molar-refractivity contribution in [3.8, 4) is 0 Å². The zero-order valence-corrected chi connectivity index (χ0v) is 13.4. The van der Waals surface area contributed by atoms with E-state index in [-0.39, 0.29) is 5.82 Å². The van der Waals surface area contributed by atoms with E-state index in [2.05, 4.69) is 15.3 Å². The van der Waals surface area contributed by atoms with Gasteiger partial charge >= 0.3 is 0 Å². The highest BCUT2D eigenvalue weighted by atomic mass is 32.2. The second-order valence-corrected chi connectivity index (χ2v) is 5.62. The van der Waals surface area contributed by atoms with Crippen molar-refractivity contribution in [1.82, 2.24) is 14.9 Å². The molecule has 0 saturated heterocycles. The molecule has 1 aromatic heterocycles. The molecule has 0 atom stereocenters. The minimum absolute atomic E-state index is 0.306. The van der Waals surface area contributed by atoms with Gasteiger partial charge in [0.15, 0.2) is 5.82 Å². The molecule has 0 unspecified atom stereocenters. The monoisotopic (exact) mass is 326 g/mol. The summed E-state index contributed by atoms with van der Waals surface area (Å²) in [4.78, 5) is 0. The van der Waals surface area contributed by atoms with Gasteiger partial charge in [-0.15, -0.1) is 10.2 Å². The van der Waals surface area contributed by atoms with Gasteiger partial charge in [0.05, 0.1) is 6.21 Å². The highest BCUT2D eigenvalue weighted by Gasteiger charge is 2.11. The average molecular weight is 326 g/mol. The van der Waals surface area contributed by atoms with Crippen molar-refractivity contribution in [1.29, 1.82) is 0 Å². The van der Waals surface area contributed by atoms with Crippen LogP contribution in [0.25, 0.3) is 0 Å². The van der Waals surface area contributed by atoms with E-state index in [0.29, 0.717) is 23.0 Å². The number of hydrogen-bond acceptors (Lipinski definition) is 4. The fourth-order valence-corrected chi connectivity index (χ4v) is 2.58. The summed E-state index contributed by atoms with van der Waals surface area (Å²) >= 11 is 1.45. The first-order valence-electron chi connectivity index (χ1n) is 7.09. The number of rotatable bonds is 5. The third-order valence-electron chi connectivity index (χ3n) is 3.28. The predicted molar refractivity (Wildman–Crippen MR) is 90.4 cm³/mol. The number of hydrogen-bond donors (Lipinski definition) is 0. The molecular formula is C17H15FN4S. The molecule has 0 aliphatic heterocycles. The summed E-state index contributed by atoms with van der Waals surface area (Å²) in [5, 5.41) is 13.4. The van der Waals surface area contributed by atoms with E-state index in [1.165, 1.54) is 24.0 Å². The molecule has 116 valence electrons. The van der Waals surface area contributed by atoms with Gasteiger partial charge in [0.1, 0.15) is 5.82 Å². The summed E-state index contributed by atoms with van der Waals surface area (Å²) in [7, 11) is 0. The molecule has 0 N–H and O–H groups in total. The van der Waals surface area contributed by atoms with Crippen molar-refractivity contribution in [2.45, 2.75) is 11.6 Å². The van der Waals surface area contributed by atoms with Crippen LogP contribution in [-0.4, -0.2) is 27.3 Å². The highest BCUT2D eigenvalue weighted by Crippen LogP contribution is 2.16. The molecule has 0 spiro atoms. The molecule has 4 nitrogen and oxygen atoms in total. The van der Waals surface area contributed by atoms with E-state index in [1.807, 2.05) is 36.6 Å². The Hall–Kier alpha value is -2.47. The van der Waals surface area contributed by atoms with Gasteiger partial charge in [0.25, 0.3) is 0 Å². The van der Waals surface area contributed by atoms with Gasteiger partial charge in [-0.25, -0.2) is 4.39 Å². The largest absolute Gasteiger partial charge is 0.211 e. The maximum absolute atomic E-state index is 13.7. The molecule has 0 aliphatic carbocycles. The van der Waals surface area contributed by atoms with E-state index in [9.17, 15) is 4.39 Å². The molecule has 1 heterocycles. The van der Waals surface area contributed by atoms with Crippen molar-refractivity contribution < 1.29 is 4.39 Å². The summed E-state index contributed by atoms with van der Waals surface area (Å²) in [6.07, 6.45) is 4.02. The Balaban J connectivity index is 1.91. The highest BCUT2D eigenvalue weighted by molar-refractivity contribution is 7.98. The van der Waals surface area contributed by atoms with Crippen molar-refractivity contribution in [3.05, 3.63) is 77.4 Å². The van der Waals surface area contributed by atoms with E-state index in [0.717, 1.165) is 5.56 Å². The van der Waals surface area contributed by atoms with E-state index in [4.69, 9.17) is 0 Å². The molecule has 2 aromatic carbocycles. The van der Waals surface area contributed by atoms with Gasteiger partial charge in [-0.3, -0.25) is 0 Å². The topological polar surface area (TPSA) is 43.1 Å². The van der Waals surface area contributed by atoms with Gasteiger partial charge in [0, 0.05) is 12.0 Å². The van der Waals surface area contributed by atoms with Gasteiger partial charge in [-0.2, -0.15) is 9.78 Å². The van der Waals surface area contributed by atoms with Crippen molar-refractivity contribution in [3.63, 3.8) is 0 Å². The third kappa shape index (κ3) is 3.65. The van der Waals surface area contributed by atoms with Crippen molar-refractivity contribution in [2.24, 2.45) is 5.10 Å². The molecule has 0 saturated carbocycles. The lowest BCUT2D eigenvalue weighted by Crippen LogP contribution is -2.01. The Morgan fingerprint density at radius 2 is 1.83 bits per heavy atom. The summed E-state index contributed by atoms with van der Waals surface area (Å²) in [5.74, 6) is 0.410. The molecule has 6 heteroatoms. The Kier molecular flexibility index (Phi) is 4.83. The van der Waals surface area contributed by atoms with Crippen LogP contribution in [0.2, 0.25) is 0 Å². The van der Waals surface area contributed by atoms with Crippen molar-refractivity contribution in [2.75, 3.05) is 6.26 Å². The molecule has 0 fully saturated rings. The Labute approximate surface area is 138 Å². The van der Waals surface area contributed by atoms with Crippen molar-refractivity contribution >= 4 is 18.0 Å². The van der Waals surface area contributed by atoms with Crippen LogP contribution >= 0.6 is 11.8 Å². The first-order valence-corrected chi connectivity index (χ1v) is 8.31. The first kappa shape index (κ1) is 15.4. The number of aromatic nitrogens is 3. The number of halogens is 1. The fraction of sp³-hybridized carbons (Fsp3) is 0.118. The minimum atomic E-state index is -0.306. The molecule has 23 heavy (non-hydrogen) atoms. The van der Waals surface area contributed by atoms with E-state index in [1.54, 1.807) is 22.9 Å². The zero-order valence-electron chi connectivity index (χ0n) is 12.6.